The van der Waals surface area contributed by atoms with E-state index in [2.05, 4.69) is 29.0 Å². The van der Waals surface area contributed by atoms with Gasteiger partial charge in [-0.3, -0.25) is 19.8 Å². The highest BCUT2D eigenvalue weighted by Gasteiger charge is 2.38. The van der Waals surface area contributed by atoms with Gasteiger partial charge in [-0.2, -0.15) is 13.2 Å². The molecule has 316 valence electrons. The molecule has 4 aromatic carbocycles. The van der Waals surface area contributed by atoms with E-state index in [9.17, 15) is 36.5 Å². The van der Waals surface area contributed by atoms with Crippen molar-refractivity contribution in [3.05, 3.63) is 123 Å². The minimum Gasteiger partial charge on any atom is -0.448 e. The Kier molecular flexibility index (Phi) is 12.2. The fourth-order valence-corrected chi connectivity index (χ4v) is 9.05. The predicted molar refractivity (Wildman–Crippen MR) is 226 cm³/mol. The highest BCUT2D eigenvalue weighted by molar-refractivity contribution is 7.90. The Hall–Kier alpha value is -5.58. The number of H-pyrrole nitrogens is 1. The van der Waals surface area contributed by atoms with E-state index in [-0.39, 0.29) is 41.2 Å². The molecular weight excluding hydrogens is 821 g/mol. The molecule has 1 amide bonds. The van der Waals surface area contributed by atoms with Crippen LogP contribution in [0.2, 0.25) is 5.02 Å². The van der Waals surface area contributed by atoms with Crippen LogP contribution < -0.4 is 19.7 Å². The van der Waals surface area contributed by atoms with Crippen LogP contribution in [0.1, 0.15) is 55.5 Å². The van der Waals surface area contributed by atoms with Crippen LogP contribution in [0.15, 0.2) is 102 Å². The number of carbonyl (C=O) groups is 1. The summed E-state index contributed by atoms with van der Waals surface area (Å²) in [6.07, 6.45) is -1.56. The van der Waals surface area contributed by atoms with Crippen LogP contribution in [0.5, 0.6) is 11.5 Å². The number of hydrogen-bond acceptors (Lipinski definition) is 9. The molecule has 1 aliphatic carbocycles. The molecule has 60 heavy (non-hydrogen) atoms. The summed E-state index contributed by atoms with van der Waals surface area (Å²) < 4.78 is 77.4. The summed E-state index contributed by atoms with van der Waals surface area (Å²) in [5.74, 6) is -1.75. The van der Waals surface area contributed by atoms with E-state index in [1.807, 2.05) is 29.0 Å². The maximum Gasteiger partial charge on any atom is 0.390 e. The number of amides is 1. The van der Waals surface area contributed by atoms with Gasteiger partial charge in [0, 0.05) is 67.0 Å². The zero-order valence-corrected chi connectivity index (χ0v) is 34.5. The van der Waals surface area contributed by atoms with Crippen molar-refractivity contribution < 1.29 is 36.0 Å². The number of halogens is 4. The molecule has 2 aliphatic rings. The van der Waals surface area contributed by atoms with Crippen molar-refractivity contribution in [1.82, 2.24) is 14.6 Å². The van der Waals surface area contributed by atoms with Crippen LogP contribution in [-0.2, 0) is 10.0 Å². The highest BCUT2D eigenvalue weighted by Crippen LogP contribution is 2.50. The predicted octanol–water partition coefficient (Wildman–Crippen LogP) is 9.79. The van der Waals surface area contributed by atoms with Gasteiger partial charge in [0.15, 0.2) is 0 Å². The lowest BCUT2D eigenvalue weighted by molar-refractivity contribution is -0.384. The lowest BCUT2D eigenvalue weighted by Gasteiger charge is -2.40. The van der Waals surface area contributed by atoms with Gasteiger partial charge in [0.25, 0.3) is 15.9 Å². The second kappa shape index (κ2) is 17.2. The van der Waals surface area contributed by atoms with E-state index in [1.54, 1.807) is 47.5 Å². The van der Waals surface area contributed by atoms with Gasteiger partial charge in [-0.1, -0.05) is 67.4 Å². The Labute approximate surface area is 350 Å². The van der Waals surface area contributed by atoms with Crippen molar-refractivity contribution in [2.75, 3.05) is 49.5 Å². The number of sulfonamides is 1. The topological polar surface area (TPSA) is 150 Å². The van der Waals surface area contributed by atoms with Gasteiger partial charge >= 0.3 is 11.9 Å². The summed E-state index contributed by atoms with van der Waals surface area (Å²) >= 11 is 6.21. The van der Waals surface area contributed by atoms with Crippen molar-refractivity contribution in [3.63, 3.8) is 0 Å². The monoisotopic (exact) mass is 864 g/mol. The van der Waals surface area contributed by atoms with E-state index in [0.29, 0.717) is 35.6 Å². The van der Waals surface area contributed by atoms with Gasteiger partial charge in [-0.05, 0) is 84.3 Å². The number of hydrogen-bond donors (Lipinski definition) is 3. The number of nitrogens with one attached hydrogen (secondary N) is 3. The molecule has 3 N–H and O–H groups in total. The number of aromatic amines is 1. The zero-order chi connectivity index (χ0) is 42.8. The minimum atomic E-state index is -4.95. The molecule has 0 bridgehead atoms. The number of nitrogens with zero attached hydrogens (tertiary/aromatic N) is 3. The molecule has 0 spiro atoms. The molecule has 0 unspecified atom stereocenters. The third-order valence-corrected chi connectivity index (χ3v) is 12.5. The molecule has 0 radical (unpaired) electrons. The molecule has 2 heterocycles. The first kappa shape index (κ1) is 42.5. The number of anilines is 2. The van der Waals surface area contributed by atoms with E-state index >= 15 is 0 Å². The van der Waals surface area contributed by atoms with Gasteiger partial charge in [0.05, 0.1) is 17.0 Å². The van der Waals surface area contributed by atoms with E-state index in [4.69, 9.17) is 16.3 Å². The molecule has 1 saturated heterocycles. The summed E-state index contributed by atoms with van der Waals surface area (Å²) in [5, 5.41) is 16.9. The molecule has 7 rings (SSSR count). The molecule has 1 aromatic heterocycles. The molecule has 0 saturated carbocycles. The summed E-state index contributed by atoms with van der Waals surface area (Å²) in [7, 11) is -4.95. The van der Waals surface area contributed by atoms with Gasteiger partial charge in [-0.15, -0.1) is 0 Å². The first-order valence-electron chi connectivity index (χ1n) is 19.4. The summed E-state index contributed by atoms with van der Waals surface area (Å²) in [6, 6.07) is 22.9. The Morgan fingerprint density at radius 2 is 1.72 bits per heavy atom. The van der Waals surface area contributed by atoms with Crippen molar-refractivity contribution >= 4 is 61.1 Å². The van der Waals surface area contributed by atoms with Crippen LogP contribution >= 0.6 is 11.6 Å². The van der Waals surface area contributed by atoms with Crippen LogP contribution in [0.3, 0.4) is 0 Å². The molecule has 5 aromatic rings. The molecular formula is C43H44ClF3N6O6S. The van der Waals surface area contributed by atoms with Crippen LogP contribution in [0.25, 0.3) is 16.5 Å². The number of nitro benzene ring substituents is 1. The summed E-state index contributed by atoms with van der Waals surface area (Å²) in [5.41, 5.74) is 3.06. The number of piperazine rings is 1. The first-order chi connectivity index (χ1) is 28.5. The third-order valence-electron chi connectivity index (χ3n) is 10.9. The van der Waals surface area contributed by atoms with E-state index in [1.165, 1.54) is 29.3 Å². The average Bonchev–Trinajstić information content (AvgIpc) is 3.69. The smallest absolute Gasteiger partial charge is 0.390 e. The maximum atomic E-state index is 14.3. The van der Waals surface area contributed by atoms with E-state index < -0.39 is 56.3 Å². The third kappa shape index (κ3) is 9.72. The quantitative estimate of drug-likeness (QED) is 0.0777. The standard InChI is InChI=1S/C43H44ClF3N6O6S/c1-42(2)17-15-30(33(26-42)28-11-13-31(44)14-12-28)27-51-21-23-52(24-22-51)35-25-37(60(57,58)50-41(54)29-7-4-3-5-8-29)40(59-36-10-6-9-34-32(36)16-19-48-34)39(53(55)56)38(35)49-20-18-43(45,46)47/h3-14,16,19,25,48-49H,15,17-18,20-24,26-27H2,1-2H3,(H,50,54). The summed E-state index contributed by atoms with van der Waals surface area (Å²) in [4.78, 5) is 31.8. The maximum absolute atomic E-state index is 14.3. The zero-order valence-electron chi connectivity index (χ0n) is 32.9. The average molecular weight is 865 g/mol. The number of ether oxygens (including phenoxy) is 1. The Balaban J connectivity index is 1.29. The molecule has 12 nitrogen and oxygen atoms in total. The lowest BCUT2D eigenvalue weighted by Crippen LogP contribution is -2.47. The Morgan fingerprint density at radius 1 is 1.00 bits per heavy atom. The Bertz CT molecular complexity index is 2540. The number of carbonyl (C=O) groups excluding carboxylic acids is 1. The molecule has 1 fully saturated rings. The fourth-order valence-electron chi connectivity index (χ4n) is 7.80. The number of nitro groups is 1. The highest BCUT2D eigenvalue weighted by atomic mass is 35.5. The second-order valence-corrected chi connectivity index (χ2v) is 17.9. The number of fused-ring (bicyclic) bond motifs is 1. The first-order valence-corrected chi connectivity index (χ1v) is 21.3. The number of alkyl halides is 3. The van der Waals surface area contributed by atoms with Gasteiger partial charge in [0.1, 0.15) is 16.3 Å². The fraction of sp³-hybridized carbons (Fsp3) is 0.326. The second-order valence-electron chi connectivity index (χ2n) is 15.8. The SMILES string of the molecule is CC1(C)CCC(CN2CCN(c3cc(S(=O)(=O)NC(=O)c4ccccc4)c(Oc4cccc5[nH]ccc45)c([N+](=O)[O-])c3NCCC(F)(F)F)CC2)=C(c2ccc(Cl)cc2)C1. The van der Waals surface area contributed by atoms with Crippen LogP contribution in [0, 0.1) is 15.5 Å². The molecule has 17 heteroatoms. The number of aromatic nitrogens is 1. The number of benzene rings is 4. The largest absolute Gasteiger partial charge is 0.448 e. The summed E-state index contributed by atoms with van der Waals surface area (Å²) in [6.45, 7) is 5.80. The normalized spacial score (nSPS) is 16.2. The number of rotatable bonds is 13. The Morgan fingerprint density at radius 3 is 2.40 bits per heavy atom. The van der Waals surface area contributed by atoms with Crippen molar-refractivity contribution in [2.24, 2.45) is 5.41 Å². The molecule has 0 atom stereocenters. The van der Waals surface area contributed by atoms with Crippen molar-refractivity contribution in [1.29, 1.82) is 0 Å². The van der Waals surface area contributed by atoms with Gasteiger partial charge in [-0.25, -0.2) is 13.1 Å². The van der Waals surface area contributed by atoms with Crippen molar-refractivity contribution in [2.45, 2.75) is 50.6 Å². The van der Waals surface area contributed by atoms with Gasteiger partial charge in [0.2, 0.25) is 5.75 Å². The van der Waals surface area contributed by atoms with Crippen LogP contribution in [-0.4, -0.2) is 74.6 Å². The van der Waals surface area contributed by atoms with Gasteiger partial charge < -0.3 is 19.9 Å². The minimum absolute atomic E-state index is 0.00720. The molecule has 1 aliphatic heterocycles. The van der Waals surface area contributed by atoms with E-state index in [0.717, 1.165) is 30.9 Å². The lowest BCUT2D eigenvalue weighted by atomic mass is 9.72. The van der Waals surface area contributed by atoms with Crippen LogP contribution in [0.4, 0.5) is 30.2 Å². The van der Waals surface area contributed by atoms with Crippen molar-refractivity contribution in [3.8, 4) is 11.5 Å². The number of allylic oxidation sites excluding steroid dienone is 1.